The van der Waals surface area contributed by atoms with Gasteiger partial charge in [-0.15, -0.1) is 0 Å². The summed E-state index contributed by atoms with van der Waals surface area (Å²) in [4.78, 5) is 0. The summed E-state index contributed by atoms with van der Waals surface area (Å²) in [5.74, 6) is 0. The minimum atomic E-state index is 0.292. The van der Waals surface area contributed by atoms with E-state index in [1.54, 1.807) is 0 Å². The van der Waals surface area contributed by atoms with Crippen molar-refractivity contribution in [3.8, 4) is 0 Å². The third-order valence-corrected chi connectivity index (χ3v) is 4.39. The molecule has 0 amide bonds. The molecule has 6 unspecified atom stereocenters. The van der Waals surface area contributed by atoms with Gasteiger partial charge in [0.1, 0.15) is 0 Å². The monoisotopic (exact) mass is 284 g/mol. The molecule has 0 spiro atoms. The highest BCUT2D eigenvalue weighted by Crippen LogP contribution is 2.29. The first-order chi connectivity index (χ1) is 9.49. The van der Waals surface area contributed by atoms with Crippen LogP contribution < -0.4 is 10.6 Å². The fraction of sp³-hybridized carbons (Fsp3) is 1.00. The van der Waals surface area contributed by atoms with E-state index in [0.29, 0.717) is 42.5 Å². The summed E-state index contributed by atoms with van der Waals surface area (Å²) in [6.45, 7) is 11.7. The van der Waals surface area contributed by atoms with Gasteiger partial charge in [-0.05, 0) is 40.0 Å². The smallest absolute Gasteiger partial charge is 0.0748 e. The zero-order valence-corrected chi connectivity index (χ0v) is 13.7. The number of fused-ring (bicyclic) bond motifs is 1. The van der Waals surface area contributed by atoms with Gasteiger partial charge >= 0.3 is 0 Å². The second kappa shape index (κ2) is 7.21. The second-order valence-electron chi connectivity index (χ2n) is 6.79. The van der Waals surface area contributed by atoms with Gasteiger partial charge in [-0.2, -0.15) is 0 Å². The van der Waals surface area contributed by atoms with Crippen LogP contribution in [0.1, 0.15) is 53.9 Å². The van der Waals surface area contributed by atoms with E-state index in [-0.39, 0.29) is 0 Å². The van der Waals surface area contributed by atoms with Crippen molar-refractivity contribution >= 4 is 0 Å². The summed E-state index contributed by atoms with van der Waals surface area (Å²) in [6, 6.07) is 1.83. The molecule has 0 aromatic rings. The highest BCUT2D eigenvalue weighted by molar-refractivity contribution is 4.98. The molecule has 118 valence electrons. The zero-order chi connectivity index (χ0) is 14.7. The Kier molecular flexibility index (Phi) is 5.84. The van der Waals surface area contributed by atoms with Crippen molar-refractivity contribution in [3.63, 3.8) is 0 Å². The van der Waals surface area contributed by atoms with Gasteiger partial charge in [-0.25, -0.2) is 0 Å². The van der Waals surface area contributed by atoms with Crippen molar-refractivity contribution < 1.29 is 9.47 Å². The standard InChI is InChI=1S/C16H32N2O2/c1-6-19-15-8-14-16(9-13(15)17-10(2)3)20-12(5)7-11(4)18-14/h10-18H,6-9H2,1-5H3. The maximum absolute atomic E-state index is 6.27. The molecular weight excluding hydrogens is 252 g/mol. The van der Waals surface area contributed by atoms with Crippen LogP contribution in [0.2, 0.25) is 0 Å². The molecule has 6 atom stereocenters. The third kappa shape index (κ3) is 4.17. The Balaban J connectivity index is 2.06. The molecule has 2 aliphatic rings. The first-order valence-electron chi connectivity index (χ1n) is 8.28. The van der Waals surface area contributed by atoms with E-state index in [9.17, 15) is 0 Å². The normalized spacial score (nSPS) is 42.3. The van der Waals surface area contributed by atoms with Gasteiger partial charge in [0.25, 0.3) is 0 Å². The molecule has 4 nitrogen and oxygen atoms in total. The van der Waals surface area contributed by atoms with Gasteiger partial charge in [0.15, 0.2) is 0 Å². The Hall–Kier alpha value is -0.160. The van der Waals surface area contributed by atoms with Crippen molar-refractivity contribution in [2.45, 2.75) is 96.4 Å². The van der Waals surface area contributed by atoms with Crippen LogP contribution in [-0.4, -0.2) is 49.1 Å². The number of rotatable bonds is 4. The summed E-state index contributed by atoms with van der Waals surface area (Å²) in [7, 11) is 0. The maximum atomic E-state index is 6.27. The number of hydrogen-bond donors (Lipinski definition) is 2. The van der Waals surface area contributed by atoms with E-state index in [2.05, 4.69) is 45.3 Å². The van der Waals surface area contributed by atoms with Crippen LogP contribution in [0.5, 0.6) is 0 Å². The summed E-state index contributed by atoms with van der Waals surface area (Å²) in [5.41, 5.74) is 0. The lowest BCUT2D eigenvalue weighted by atomic mass is 9.85. The van der Waals surface area contributed by atoms with E-state index in [4.69, 9.17) is 9.47 Å². The van der Waals surface area contributed by atoms with Gasteiger partial charge in [-0.1, -0.05) is 13.8 Å². The van der Waals surface area contributed by atoms with Gasteiger partial charge in [-0.3, -0.25) is 0 Å². The van der Waals surface area contributed by atoms with Gasteiger partial charge in [0, 0.05) is 30.8 Å². The van der Waals surface area contributed by atoms with E-state index in [1.807, 2.05) is 0 Å². The van der Waals surface area contributed by atoms with Gasteiger partial charge in [0.2, 0.25) is 0 Å². The lowest BCUT2D eigenvalue weighted by Crippen LogP contribution is -2.58. The highest BCUT2D eigenvalue weighted by atomic mass is 16.5. The molecule has 2 N–H and O–H groups in total. The number of nitrogens with one attached hydrogen (secondary N) is 2. The molecule has 1 heterocycles. The summed E-state index contributed by atoms with van der Waals surface area (Å²) >= 11 is 0. The van der Waals surface area contributed by atoms with Gasteiger partial charge < -0.3 is 20.1 Å². The first kappa shape index (κ1) is 16.2. The Morgan fingerprint density at radius 1 is 1.25 bits per heavy atom. The average Bonchev–Trinajstić information content (AvgIpc) is 2.46. The molecule has 2 rings (SSSR count). The Labute approximate surface area is 124 Å². The van der Waals surface area contributed by atoms with E-state index in [1.165, 1.54) is 0 Å². The molecule has 0 bridgehead atoms. The fourth-order valence-corrected chi connectivity index (χ4v) is 3.75. The van der Waals surface area contributed by atoms with Crippen molar-refractivity contribution in [3.05, 3.63) is 0 Å². The minimum absolute atomic E-state index is 0.292. The Morgan fingerprint density at radius 2 is 2.00 bits per heavy atom. The predicted octanol–water partition coefficient (Wildman–Crippen LogP) is 2.08. The van der Waals surface area contributed by atoms with Crippen molar-refractivity contribution in [2.24, 2.45) is 0 Å². The topological polar surface area (TPSA) is 42.5 Å². The van der Waals surface area contributed by atoms with Crippen LogP contribution in [0.3, 0.4) is 0 Å². The Morgan fingerprint density at radius 3 is 2.65 bits per heavy atom. The molecule has 0 radical (unpaired) electrons. The maximum Gasteiger partial charge on any atom is 0.0748 e. The van der Waals surface area contributed by atoms with Crippen LogP contribution >= 0.6 is 0 Å². The fourth-order valence-electron chi connectivity index (χ4n) is 3.75. The summed E-state index contributed by atoms with van der Waals surface area (Å²) in [5, 5.41) is 7.40. The molecule has 0 aromatic heterocycles. The quantitative estimate of drug-likeness (QED) is 0.829. The van der Waals surface area contributed by atoms with Crippen molar-refractivity contribution in [1.29, 1.82) is 0 Å². The molecule has 1 aliphatic heterocycles. The number of ether oxygens (including phenoxy) is 2. The molecule has 4 heteroatoms. The zero-order valence-electron chi connectivity index (χ0n) is 13.7. The lowest BCUT2D eigenvalue weighted by molar-refractivity contribution is -0.0766. The minimum Gasteiger partial charge on any atom is -0.377 e. The Bertz CT molecular complexity index is 298. The SMILES string of the molecule is CCOC1CC2NC(C)CC(C)OC2CC1NC(C)C. The molecule has 1 aliphatic carbocycles. The van der Waals surface area contributed by atoms with Crippen molar-refractivity contribution in [2.75, 3.05) is 6.61 Å². The van der Waals surface area contributed by atoms with E-state index < -0.39 is 0 Å². The molecule has 1 saturated heterocycles. The second-order valence-corrected chi connectivity index (χ2v) is 6.79. The van der Waals surface area contributed by atoms with Crippen LogP contribution in [-0.2, 0) is 9.47 Å². The van der Waals surface area contributed by atoms with E-state index >= 15 is 0 Å². The largest absolute Gasteiger partial charge is 0.377 e. The molecule has 0 aromatic carbocycles. The predicted molar refractivity (Wildman–Crippen MR) is 82.0 cm³/mol. The molecular formula is C16H32N2O2. The average molecular weight is 284 g/mol. The summed E-state index contributed by atoms with van der Waals surface area (Å²) in [6.07, 6.45) is 4.12. The molecule has 1 saturated carbocycles. The number of hydrogen-bond acceptors (Lipinski definition) is 4. The first-order valence-corrected chi connectivity index (χ1v) is 8.28. The third-order valence-electron chi connectivity index (χ3n) is 4.39. The molecule has 2 fully saturated rings. The van der Waals surface area contributed by atoms with E-state index in [0.717, 1.165) is 25.9 Å². The summed E-state index contributed by atoms with van der Waals surface area (Å²) < 4.78 is 12.3. The lowest BCUT2D eigenvalue weighted by Gasteiger charge is -2.42. The van der Waals surface area contributed by atoms with Crippen LogP contribution in [0.4, 0.5) is 0 Å². The van der Waals surface area contributed by atoms with Crippen LogP contribution in [0, 0.1) is 0 Å². The van der Waals surface area contributed by atoms with Gasteiger partial charge in [0.05, 0.1) is 18.3 Å². The van der Waals surface area contributed by atoms with Crippen LogP contribution in [0.25, 0.3) is 0 Å². The van der Waals surface area contributed by atoms with Crippen LogP contribution in [0.15, 0.2) is 0 Å². The highest BCUT2D eigenvalue weighted by Gasteiger charge is 2.40. The molecule has 20 heavy (non-hydrogen) atoms. The van der Waals surface area contributed by atoms with Crippen molar-refractivity contribution in [1.82, 2.24) is 10.6 Å².